The van der Waals surface area contributed by atoms with E-state index in [1.54, 1.807) is 32.4 Å². The number of urea groups is 1. The maximum atomic E-state index is 12.5. The number of carbonyl (C=O) groups is 1. The van der Waals surface area contributed by atoms with Crippen molar-refractivity contribution in [3.05, 3.63) is 18.2 Å². The molecule has 6 nitrogen and oxygen atoms in total. The van der Waals surface area contributed by atoms with E-state index in [2.05, 4.69) is 17.1 Å². The second-order valence-corrected chi connectivity index (χ2v) is 5.68. The maximum Gasteiger partial charge on any atom is 0.322 e. The molecule has 0 radical (unpaired) electrons. The first kappa shape index (κ1) is 17.4. The van der Waals surface area contributed by atoms with Gasteiger partial charge in [0.1, 0.15) is 11.5 Å². The van der Waals surface area contributed by atoms with Crippen LogP contribution >= 0.6 is 0 Å². The number of nitrogens with zero attached hydrogens (tertiary/aromatic N) is 2. The smallest absolute Gasteiger partial charge is 0.322 e. The van der Waals surface area contributed by atoms with Gasteiger partial charge >= 0.3 is 6.03 Å². The highest BCUT2D eigenvalue weighted by Crippen LogP contribution is 2.29. The summed E-state index contributed by atoms with van der Waals surface area (Å²) in [7, 11) is 3.19. The highest BCUT2D eigenvalue weighted by molar-refractivity contribution is 5.91. The van der Waals surface area contributed by atoms with E-state index in [1.165, 1.54) is 12.8 Å². The molecule has 0 bridgehead atoms. The van der Waals surface area contributed by atoms with Gasteiger partial charge < -0.3 is 19.7 Å². The molecule has 1 fully saturated rings. The van der Waals surface area contributed by atoms with E-state index >= 15 is 0 Å². The molecule has 6 heteroatoms. The van der Waals surface area contributed by atoms with Gasteiger partial charge in [-0.2, -0.15) is 0 Å². The van der Waals surface area contributed by atoms with Crippen LogP contribution in [0.2, 0.25) is 0 Å². The summed E-state index contributed by atoms with van der Waals surface area (Å²) in [6.07, 6.45) is 2.42. The summed E-state index contributed by atoms with van der Waals surface area (Å²) >= 11 is 0. The lowest BCUT2D eigenvalue weighted by Gasteiger charge is -2.34. The zero-order chi connectivity index (χ0) is 16.7. The van der Waals surface area contributed by atoms with Crippen LogP contribution in [0.4, 0.5) is 10.5 Å². The summed E-state index contributed by atoms with van der Waals surface area (Å²) in [6, 6.07) is 5.28. The van der Waals surface area contributed by atoms with E-state index in [9.17, 15) is 4.79 Å². The Bertz CT molecular complexity index is 514. The van der Waals surface area contributed by atoms with Gasteiger partial charge in [0.25, 0.3) is 0 Å². The molecular formula is C17H27N3O3. The van der Waals surface area contributed by atoms with Crippen molar-refractivity contribution in [1.29, 1.82) is 0 Å². The van der Waals surface area contributed by atoms with E-state index in [-0.39, 0.29) is 6.03 Å². The molecule has 1 saturated heterocycles. The van der Waals surface area contributed by atoms with Crippen LogP contribution in [0.3, 0.4) is 0 Å². The fourth-order valence-corrected chi connectivity index (χ4v) is 2.66. The molecule has 1 N–H and O–H groups in total. The summed E-state index contributed by atoms with van der Waals surface area (Å²) < 4.78 is 10.5. The summed E-state index contributed by atoms with van der Waals surface area (Å²) in [5.41, 5.74) is 0.630. The molecule has 1 heterocycles. The molecule has 1 aliphatic heterocycles. The largest absolute Gasteiger partial charge is 0.497 e. The first-order valence-electron chi connectivity index (χ1n) is 8.18. The van der Waals surface area contributed by atoms with Crippen molar-refractivity contribution in [2.45, 2.75) is 19.8 Å². The van der Waals surface area contributed by atoms with Crippen LogP contribution in [0.25, 0.3) is 0 Å². The predicted octanol–water partition coefficient (Wildman–Crippen LogP) is 2.65. The third kappa shape index (κ3) is 4.76. The second-order valence-electron chi connectivity index (χ2n) is 5.68. The van der Waals surface area contributed by atoms with Crippen LogP contribution in [0.15, 0.2) is 18.2 Å². The van der Waals surface area contributed by atoms with Gasteiger partial charge in [-0.3, -0.25) is 4.90 Å². The number of benzene rings is 1. The zero-order valence-corrected chi connectivity index (χ0v) is 14.3. The number of unbranched alkanes of at least 4 members (excludes halogenated alkanes) is 1. The Kier molecular flexibility index (Phi) is 6.52. The van der Waals surface area contributed by atoms with Crippen LogP contribution < -0.4 is 14.8 Å². The molecule has 128 valence electrons. The van der Waals surface area contributed by atoms with Gasteiger partial charge in [0.05, 0.1) is 19.9 Å². The number of piperazine rings is 1. The number of rotatable bonds is 6. The number of nitrogens with one attached hydrogen (secondary N) is 1. The number of amides is 2. The lowest BCUT2D eigenvalue weighted by molar-refractivity contribution is 0.146. The lowest BCUT2D eigenvalue weighted by Crippen LogP contribution is -2.50. The fraction of sp³-hybridized carbons (Fsp3) is 0.588. The Labute approximate surface area is 138 Å². The quantitative estimate of drug-likeness (QED) is 0.875. The Morgan fingerprint density at radius 3 is 2.52 bits per heavy atom. The Morgan fingerprint density at radius 1 is 1.17 bits per heavy atom. The Morgan fingerprint density at radius 2 is 1.91 bits per heavy atom. The van der Waals surface area contributed by atoms with Gasteiger partial charge in [0, 0.05) is 32.2 Å². The van der Waals surface area contributed by atoms with Gasteiger partial charge in [0.2, 0.25) is 0 Å². The lowest BCUT2D eigenvalue weighted by atomic mass is 10.2. The molecule has 0 spiro atoms. The molecule has 2 amide bonds. The number of hydrogen-bond donors (Lipinski definition) is 1. The first-order valence-corrected chi connectivity index (χ1v) is 8.18. The van der Waals surface area contributed by atoms with Gasteiger partial charge in [-0.05, 0) is 25.1 Å². The number of hydrogen-bond acceptors (Lipinski definition) is 4. The standard InChI is InChI=1S/C17H27N3O3/c1-4-5-8-19-9-11-20(12-10-19)17(21)18-15-13-14(22-2)6-7-16(15)23-3/h6-7,13H,4-5,8-12H2,1-3H3,(H,18,21). The highest BCUT2D eigenvalue weighted by Gasteiger charge is 2.21. The van der Waals surface area contributed by atoms with Crippen molar-refractivity contribution in [2.24, 2.45) is 0 Å². The third-order valence-electron chi connectivity index (χ3n) is 4.14. The SMILES string of the molecule is CCCCN1CCN(C(=O)Nc2cc(OC)ccc2OC)CC1. The monoisotopic (exact) mass is 321 g/mol. The van der Waals surface area contributed by atoms with Crippen LogP contribution in [0.1, 0.15) is 19.8 Å². The number of ether oxygens (including phenoxy) is 2. The molecule has 0 aliphatic carbocycles. The molecule has 1 aromatic rings. The summed E-state index contributed by atoms with van der Waals surface area (Å²) in [5, 5.41) is 2.93. The van der Waals surface area contributed by atoms with Crippen molar-refractivity contribution in [2.75, 3.05) is 52.3 Å². The highest BCUT2D eigenvalue weighted by atomic mass is 16.5. The van der Waals surface area contributed by atoms with Crippen LogP contribution in [-0.2, 0) is 0 Å². The van der Waals surface area contributed by atoms with Crippen LogP contribution in [0.5, 0.6) is 11.5 Å². The zero-order valence-electron chi connectivity index (χ0n) is 14.3. The molecule has 0 saturated carbocycles. The molecular weight excluding hydrogens is 294 g/mol. The molecule has 0 aromatic heterocycles. The van der Waals surface area contributed by atoms with Crippen LogP contribution in [0, 0.1) is 0 Å². The Hall–Kier alpha value is -1.95. The summed E-state index contributed by atoms with van der Waals surface area (Å²) in [5.74, 6) is 1.31. The normalized spacial score (nSPS) is 15.3. The topological polar surface area (TPSA) is 54.0 Å². The van der Waals surface area contributed by atoms with Gasteiger partial charge in [0.15, 0.2) is 0 Å². The average Bonchev–Trinajstić information content (AvgIpc) is 2.60. The molecule has 23 heavy (non-hydrogen) atoms. The molecule has 0 unspecified atom stereocenters. The summed E-state index contributed by atoms with van der Waals surface area (Å²) in [4.78, 5) is 16.7. The summed E-state index contributed by atoms with van der Waals surface area (Å²) in [6.45, 7) is 6.69. The van der Waals surface area contributed by atoms with E-state index in [0.29, 0.717) is 17.2 Å². The average molecular weight is 321 g/mol. The van der Waals surface area contributed by atoms with Crippen molar-refractivity contribution in [1.82, 2.24) is 9.80 Å². The van der Waals surface area contributed by atoms with Gasteiger partial charge in [-0.15, -0.1) is 0 Å². The van der Waals surface area contributed by atoms with Crippen molar-refractivity contribution < 1.29 is 14.3 Å². The van der Waals surface area contributed by atoms with Crippen molar-refractivity contribution in [3.63, 3.8) is 0 Å². The minimum atomic E-state index is -0.0910. The van der Waals surface area contributed by atoms with Gasteiger partial charge in [-0.25, -0.2) is 4.79 Å². The van der Waals surface area contributed by atoms with E-state index in [4.69, 9.17) is 9.47 Å². The maximum absolute atomic E-state index is 12.5. The van der Waals surface area contributed by atoms with Crippen LogP contribution in [-0.4, -0.2) is 62.8 Å². The first-order chi connectivity index (χ1) is 11.2. The molecule has 2 rings (SSSR count). The van der Waals surface area contributed by atoms with E-state index in [1.807, 2.05) is 4.90 Å². The molecule has 0 atom stereocenters. The third-order valence-corrected chi connectivity index (χ3v) is 4.14. The predicted molar refractivity (Wildman–Crippen MR) is 91.5 cm³/mol. The van der Waals surface area contributed by atoms with E-state index in [0.717, 1.165) is 32.7 Å². The second kappa shape index (κ2) is 8.62. The van der Waals surface area contributed by atoms with Crippen molar-refractivity contribution in [3.8, 4) is 11.5 Å². The Balaban J connectivity index is 1.92. The molecule has 1 aliphatic rings. The van der Waals surface area contributed by atoms with Gasteiger partial charge in [-0.1, -0.05) is 13.3 Å². The fourth-order valence-electron chi connectivity index (χ4n) is 2.66. The number of anilines is 1. The van der Waals surface area contributed by atoms with Crippen molar-refractivity contribution >= 4 is 11.7 Å². The number of methoxy groups -OCH3 is 2. The number of carbonyl (C=O) groups excluding carboxylic acids is 1. The molecule has 1 aromatic carbocycles. The van der Waals surface area contributed by atoms with E-state index < -0.39 is 0 Å². The minimum Gasteiger partial charge on any atom is -0.497 e. The minimum absolute atomic E-state index is 0.0910.